The summed E-state index contributed by atoms with van der Waals surface area (Å²) in [6.45, 7) is 9.46. The maximum absolute atomic E-state index is 12.5. The maximum Gasteiger partial charge on any atom is 0.355 e. The van der Waals surface area contributed by atoms with Gasteiger partial charge in [-0.05, 0) is 26.3 Å². The fraction of sp³-hybridized carbons (Fsp3) is 0.500. The van der Waals surface area contributed by atoms with Crippen LogP contribution in [0.4, 0.5) is 0 Å². The highest BCUT2D eigenvalue weighted by Crippen LogP contribution is 2.25. The van der Waals surface area contributed by atoms with Crippen molar-refractivity contribution in [3.05, 3.63) is 35.9 Å². The van der Waals surface area contributed by atoms with Gasteiger partial charge in [-0.15, -0.1) is 0 Å². The van der Waals surface area contributed by atoms with Crippen molar-refractivity contribution in [3.63, 3.8) is 0 Å². The first-order chi connectivity index (χ1) is 10.7. The molecule has 0 saturated heterocycles. The Hall–Kier alpha value is -2.17. The van der Waals surface area contributed by atoms with Gasteiger partial charge in [0.25, 0.3) is 0 Å². The molecule has 0 fully saturated rings. The molecule has 2 rings (SSSR count). The van der Waals surface area contributed by atoms with Gasteiger partial charge in [0.15, 0.2) is 0 Å². The summed E-state index contributed by atoms with van der Waals surface area (Å²) in [7, 11) is 0. The van der Waals surface area contributed by atoms with Crippen LogP contribution in [0.5, 0.6) is 0 Å². The quantitative estimate of drug-likeness (QED) is 0.805. The lowest BCUT2D eigenvalue weighted by molar-refractivity contribution is -0.147. The molecule has 1 aliphatic rings. The largest absolute Gasteiger partial charge is 0.455 e. The van der Waals surface area contributed by atoms with Crippen molar-refractivity contribution < 1.29 is 14.3 Å². The Labute approximate surface area is 137 Å². The first-order valence-electron chi connectivity index (χ1n) is 7.86. The molecule has 1 amide bonds. The number of hydrazone groups is 1. The van der Waals surface area contributed by atoms with E-state index in [1.165, 1.54) is 5.01 Å². The van der Waals surface area contributed by atoms with Crippen LogP contribution >= 0.6 is 0 Å². The van der Waals surface area contributed by atoms with Gasteiger partial charge in [0.1, 0.15) is 11.3 Å². The van der Waals surface area contributed by atoms with Gasteiger partial charge >= 0.3 is 5.97 Å². The van der Waals surface area contributed by atoms with E-state index in [4.69, 9.17) is 4.74 Å². The van der Waals surface area contributed by atoms with Crippen molar-refractivity contribution in [2.24, 2.45) is 16.9 Å². The molecule has 0 spiro atoms. The summed E-state index contributed by atoms with van der Waals surface area (Å²) in [5.41, 5.74) is 0.687. The van der Waals surface area contributed by atoms with E-state index in [0.717, 1.165) is 5.56 Å². The van der Waals surface area contributed by atoms with Crippen LogP contribution in [0.3, 0.4) is 0 Å². The van der Waals surface area contributed by atoms with Crippen LogP contribution < -0.4 is 0 Å². The molecular formula is C18H24N2O3. The molecule has 124 valence electrons. The minimum Gasteiger partial charge on any atom is -0.455 e. The molecule has 5 nitrogen and oxygen atoms in total. The lowest BCUT2D eigenvalue weighted by atomic mass is 9.88. The number of hydrogen-bond donors (Lipinski definition) is 0. The number of benzene rings is 1. The molecule has 0 saturated carbocycles. The van der Waals surface area contributed by atoms with Crippen LogP contribution in [-0.2, 0) is 20.9 Å². The monoisotopic (exact) mass is 316 g/mol. The van der Waals surface area contributed by atoms with Crippen molar-refractivity contribution in [3.8, 4) is 0 Å². The summed E-state index contributed by atoms with van der Waals surface area (Å²) in [5, 5.41) is 5.67. The zero-order valence-electron chi connectivity index (χ0n) is 14.4. The summed E-state index contributed by atoms with van der Waals surface area (Å²) < 4.78 is 5.42. The lowest BCUT2D eigenvalue weighted by Crippen LogP contribution is -2.45. The third kappa shape index (κ3) is 4.18. The van der Waals surface area contributed by atoms with E-state index in [2.05, 4.69) is 5.10 Å². The van der Waals surface area contributed by atoms with E-state index >= 15 is 0 Å². The number of carbonyl (C=O) groups excluding carboxylic acids is 2. The highest BCUT2D eigenvalue weighted by Gasteiger charge is 2.38. The summed E-state index contributed by atoms with van der Waals surface area (Å²) in [6, 6.07) is 9.60. The molecule has 23 heavy (non-hydrogen) atoms. The molecule has 1 heterocycles. The van der Waals surface area contributed by atoms with Gasteiger partial charge in [0.05, 0.1) is 6.54 Å². The molecule has 2 atom stereocenters. The van der Waals surface area contributed by atoms with Gasteiger partial charge in [0.2, 0.25) is 5.91 Å². The van der Waals surface area contributed by atoms with Crippen LogP contribution in [0.15, 0.2) is 35.4 Å². The van der Waals surface area contributed by atoms with E-state index in [9.17, 15) is 9.59 Å². The SMILES string of the molecule is C[C@H]1C(=O)N(Cc2ccccc2)N=C(C(=O)OC(C)(C)C)[C@@H]1C. The van der Waals surface area contributed by atoms with E-state index in [0.29, 0.717) is 12.3 Å². The number of hydrogen-bond acceptors (Lipinski definition) is 4. The minimum absolute atomic E-state index is 0.0753. The number of amides is 1. The molecule has 0 unspecified atom stereocenters. The number of rotatable bonds is 3. The van der Waals surface area contributed by atoms with Gasteiger partial charge in [-0.2, -0.15) is 5.10 Å². The van der Waals surface area contributed by atoms with E-state index < -0.39 is 11.6 Å². The van der Waals surface area contributed by atoms with Gasteiger partial charge < -0.3 is 4.74 Å². The normalized spacial score (nSPS) is 21.9. The molecule has 0 radical (unpaired) electrons. The molecule has 1 aliphatic heterocycles. The standard InChI is InChI=1S/C18H24N2O3/c1-12-13(2)16(21)20(11-14-9-7-6-8-10-14)19-15(12)17(22)23-18(3,4)5/h6-10,12-13H,11H2,1-5H3/t12-,13-/m1/s1. The molecule has 1 aromatic rings. The molecular weight excluding hydrogens is 292 g/mol. The van der Waals surface area contributed by atoms with Gasteiger partial charge in [-0.1, -0.05) is 44.2 Å². The van der Waals surface area contributed by atoms with Crippen LogP contribution in [-0.4, -0.2) is 28.2 Å². The second-order valence-corrected chi connectivity index (χ2v) is 6.95. The number of ether oxygens (including phenoxy) is 1. The fourth-order valence-electron chi connectivity index (χ4n) is 2.38. The average Bonchev–Trinajstić information content (AvgIpc) is 2.47. The Morgan fingerprint density at radius 1 is 1.17 bits per heavy atom. The summed E-state index contributed by atoms with van der Waals surface area (Å²) in [6.07, 6.45) is 0. The molecule has 1 aromatic carbocycles. The van der Waals surface area contributed by atoms with Crippen molar-refractivity contribution in [1.29, 1.82) is 0 Å². The highest BCUT2D eigenvalue weighted by molar-refractivity contribution is 6.38. The summed E-state index contributed by atoms with van der Waals surface area (Å²) >= 11 is 0. The number of esters is 1. The Balaban J connectivity index is 2.27. The third-order valence-electron chi connectivity index (χ3n) is 3.84. The number of carbonyl (C=O) groups is 2. The smallest absolute Gasteiger partial charge is 0.355 e. The van der Waals surface area contributed by atoms with Crippen LogP contribution in [0.25, 0.3) is 0 Å². The Bertz CT molecular complexity index is 617. The molecule has 5 heteroatoms. The van der Waals surface area contributed by atoms with E-state index in [1.54, 1.807) is 0 Å². The molecule has 0 bridgehead atoms. The molecule has 0 aromatic heterocycles. The zero-order valence-corrected chi connectivity index (χ0v) is 14.4. The molecule has 0 aliphatic carbocycles. The first kappa shape index (κ1) is 17.2. The Kier molecular flexibility index (Phi) is 4.88. The van der Waals surface area contributed by atoms with Crippen LogP contribution in [0.2, 0.25) is 0 Å². The Morgan fingerprint density at radius 3 is 2.35 bits per heavy atom. The number of nitrogens with zero attached hydrogens (tertiary/aromatic N) is 2. The predicted molar refractivity (Wildman–Crippen MR) is 88.6 cm³/mol. The summed E-state index contributed by atoms with van der Waals surface area (Å²) in [5.74, 6) is -1.10. The van der Waals surface area contributed by atoms with Gasteiger partial charge in [-0.3, -0.25) is 4.79 Å². The van der Waals surface area contributed by atoms with Crippen molar-refractivity contribution in [1.82, 2.24) is 5.01 Å². The lowest BCUT2D eigenvalue weighted by Gasteiger charge is -2.32. The average molecular weight is 316 g/mol. The van der Waals surface area contributed by atoms with Crippen LogP contribution in [0.1, 0.15) is 40.2 Å². The second kappa shape index (κ2) is 6.52. The summed E-state index contributed by atoms with van der Waals surface area (Å²) in [4.78, 5) is 24.8. The zero-order chi connectivity index (χ0) is 17.2. The van der Waals surface area contributed by atoms with Crippen molar-refractivity contribution in [2.75, 3.05) is 0 Å². The van der Waals surface area contributed by atoms with Crippen LogP contribution in [0, 0.1) is 11.8 Å². The minimum atomic E-state index is -0.589. The van der Waals surface area contributed by atoms with E-state index in [-0.39, 0.29) is 17.7 Å². The first-order valence-corrected chi connectivity index (χ1v) is 7.86. The highest BCUT2D eigenvalue weighted by atomic mass is 16.6. The second-order valence-electron chi connectivity index (χ2n) is 6.95. The van der Waals surface area contributed by atoms with Gasteiger partial charge in [-0.25, -0.2) is 9.80 Å². The van der Waals surface area contributed by atoms with E-state index in [1.807, 2.05) is 65.0 Å². The molecule has 0 N–H and O–H groups in total. The van der Waals surface area contributed by atoms with Crippen molar-refractivity contribution in [2.45, 2.75) is 46.8 Å². The predicted octanol–water partition coefficient (Wildman–Crippen LogP) is 3.00. The topological polar surface area (TPSA) is 59.0 Å². The third-order valence-corrected chi connectivity index (χ3v) is 3.84. The maximum atomic E-state index is 12.5. The fourth-order valence-corrected chi connectivity index (χ4v) is 2.38. The van der Waals surface area contributed by atoms with Crippen molar-refractivity contribution >= 4 is 17.6 Å². The Morgan fingerprint density at radius 2 is 1.78 bits per heavy atom. The van der Waals surface area contributed by atoms with Gasteiger partial charge in [0, 0.05) is 11.8 Å².